The lowest BCUT2D eigenvalue weighted by atomic mass is 9.90. The highest BCUT2D eigenvalue weighted by atomic mass is 16.5. The summed E-state index contributed by atoms with van der Waals surface area (Å²) in [5.41, 5.74) is 8.15. The number of carbonyl (C=O) groups excluding carboxylic acids is 1. The van der Waals surface area contributed by atoms with Crippen LogP contribution >= 0.6 is 0 Å². The molecule has 1 amide bonds. The third kappa shape index (κ3) is 3.12. The smallest absolute Gasteiger partial charge is 0.259 e. The third-order valence-corrected chi connectivity index (χ3v) is 5.35. The number of furan rings is 1. The van der Waals surface area contributed by atoms with E-state index in [1.165, 1.54) is 0 Å². The number of nitrogens with two attached hydrogens (primary N) is 1. The number of carbonyl (C=O) groups is 1. The first-order valence-electron chi connectivity index (χ1n) is 9.37. The van der Waals surface area contributed by atoms with Crippen LogP contribution in [0.3, 0.4) is 0 Å². The van der Waals surface area contributed by atoms with Crippen LogP contribution < -0.4 is 5.73 Å². The molecule has 1 atom stereocenters. The summed E-state index contributed by atoms with van der Waals surface area (Å²) in [6.45, 7) is 6.10. The fourth-order valence-electron chi connectivity index (χ4n) is 3.67. The maximum Gasteiger partial charge on any atom is 0.259 e. The molecule has 0 aliphatic carbocycles. The molecule has 7 heteroatoms. The van der Waals surface area contributed by atoms with Gasteiger partial charge < -0.3 is 19.6 Å². The molecular formula is C20H24N4O3. The summed E-state index contributed by atoms with van der Waals surface area (Å²) in [6.07, 6.45) is 4.12. The van der Waals surface area contributed by atoms with Crippen molar-refractivity contribution in [1.29, 1.82) is 0 Å². The summed E-state index contributed by atoms with van der Waals surface area (Å²) in [6, 6.07) is 5.39. The maximum atomic E-state index is 13.4. The highest BCUT2D eigenvalue weighted by Crippen LogP contribution is 2.33. The van der Waals surface area contributed by atoms with Gasteiger partial charge in [0.05, 0.1) is 22.9 Å². The van der Waals surface area contributed by atoms with Gasteiger partial charge in [-0.25, -0.2) is 4.98 Å². The maximum absolute atomic E-state index is 13.4. The first-order chi connectivity index (χ1) is 13.0. The molecule has 0 spiro atoms. The van der Waals surface area contributed by atoms with Crippen LogP contribution in [0, 0.1) is 5.41 Å². The molecule has 1 unspecified atom stereocenters. The Kier molecular flexibility index (Phi) is 4.47. The molecule has 3 aromatic heterocycles. The average Bonchev–Trinajstić information content (AvgIpc) is 3.41. The largest absolute Gasteiger partial charge is 0.463 e. The highest BCUT2D eigenvalue weighted by molar-refractivity contribution is 6.07. The van der Waals surface area contributed by atoms with E-state index in [2.05, 4.69) is 24.0 Å². The van der Waals surface area contributed by atoms with Gasteiger partial charge in [0.15, 0.2) is 5.76 Å². The van der Waals surface area contributed by atoms with Crippen LogP contribution in [-0.2, 0) is 6.42 Å². The van der Waals surface area contributed by atoms with Crippen molar-refractivity contribution < 1.29 is 13.7 Å². The fraction of sp³-hybridized carbons (Fsp3) is 0.450. The normalized spacial score (nSPS) is 19.9. The van der Waals surface area contributed by atoms with Gasteiger partial charge in [0, 0.05) is 13.1 Å². The molecule has 1 aliphatic heterocycles. The predicted molar refractivity (Wildman–Crippen MR) is 101 cm³/mol. The van der Waals surface area contributed by atoms with Gasteiger partial charge in [-0.05, 0) is 43.0 Å². The summed E-state index contributed by atoms with van der Waals surface area (Å²) < 4.78 is 10.9. The second kappa shape index (κ2) is 6.81. The molecule has 27 heavy (non-hydrogen) atoms. The number of rotatable bonds is 5. The van der Waals surface area contributed by atoms with Crippen molar-refractivity contribution in [3.63, 3.8) is 0 Å². The van der Waals surface area contributed by atoms with Crippen LogP contribution in [-0.4, -0.2) is 40.6 Å². The average molecular weight is 368 g/mol. The van der Waals surface area contributed by atoms with E-state index in [-0.39, 0.29) is 11.3 Å². The van der Waals surface area contributed by atoms with Crippen LogP contribution in [0.1, 0.15) is 42.7 Å². The molecule has 3 aromatic rings. The van der Waals surface area contributed by atoms with Crippen molar-refractivity contribution in [3.05, 3.63) is 35.7 Å². The predicted octanol–water partition coefficient (Wildman–Crippen LogP) is 3.25. The number of fused-ring (bicyclic) bond motifs is 1. The minimum atomic E-state index is -0.0352. The lowest BCUT2D eigenvalue weighted by molar-refractivity contribution is 0.0778. The van der Waals surface area contributed by atoms with Gasteiger partial charge in [-0.15, -0.1) is 0 Å². The molecule has 1 aliphatic rings. The van der Waals surface area contributed by atoms with Gasteiger partial charge in [-0.2, -0.15) is 0 Å². The zero-order chi connectivity index (χ0) is 19.0. The quantitative estimate of drug-likeness (QED) is 0.742. The Morgan fingerprint density at radius 1 is 1.44 bits per heavy atom. The Balaban J connectivity index is 1.81. The van der Waals surface area contributed by atoms with E-state index in [0.29, 0.717) is 47.8 Å². The van der Waals surface area contributed by atoms with Gasteiger partial charge >= 0.3 is 0 Å². The van der Waals surface area contributed by atoms with E-state index in [9.17, 15) is 4.79 Å². The number of nitrogens with zero attached hydrogens (tertiary/aromatic N) is 3. The van der Waals surface area contributed by atoms with Crippen molar-refractivity contribution in [2.45, 2.75) is 33.1 Å². The van der Waals surface area contributed by atoms with Crippen molar-refractivity contribution in [2.75, 3.05) is 19.6 Å². The van der Waals surface area contributed by atoms with E-state index in [1.807, 2.05) is 11.0 Å². The zero-order valence-corrected chi connectivity index (χ0v) is 15.7. The van der Waals surface area contributed by atoms with Gasteiger partial charge in [0.1, 0.15) is 5.69 Å². The molecular weight excluding hydrogens is 344 g/mol. The van der Waals surface area contributed by atoms with Crippen molar-refractivity contribution in [1.82, 2.24) is 15.0 Å². The van der Waals surface area contributed by atoms with Crippen molar-refractivity contribution >= 4 is 17.0 Å². The molecule has 0 aromatic carbocycles. The van der Waals surface area contributed by atoms with E-state index in [4.69, 9.17) is 14.7 Å². The topological polar surface area (TPSA) is 98.4 Å². The third-order valence-electron chi connectivity index (χ3n) is 5.35. The fourth-order valence-corrected chi connectivity index (χ4v) is 3.67. The van der Waals surface area contributed by atoms with E-state index < -0.39 is 0 Å². The molecule has 1 fully saturated rings. The van der Waals surface area contributed by atoms with E-state index in [0.717, 1.165) is 25.0 Å². The highest BCUT2D eigenvalue weighted by Gasteiger charge is 2.36. The zero-order valence-electron chi connectivity index (χ0n) is 15.7. The van der Waals surface area contributed by atoms with Crippen LogP contribution in [0.4, 0.5) is 0 Å². The van der Waals surface area contributed by atoms with Crippen LogP contribution in [0.15, 0.2) is 33.4 Å². The van der Waals surface area contributed by atoms with Gasteiger partial charge in [0.25, 0.3) is 11.6 Å². The standard InChI is InChI=1S/C20H24N4O3/c1-3-5-14-17-13(19(25)24-8-7-20(2,11-21)12-24)10-15(16-6-4-9-26-16)22-18(17)27-23-14/h4,6,9-10H,3,5,7-8,11-12,21H2,1-2H3. The number of pyridine rings is 1. The number of aromatic nitrogens is 2. The SMILES string of the molecule is CCCc1noc2nc(-c3ccco3)cc(C(=O)N3CCC(C)(CN)C3)c12. The van der Waals surface area contributed by atoms with E-state index >= 15 is 0 Å². The molecule has 142 valence electrons. The summed E-state index contributed by atoms with van der Waals surface area (Å²) >= 11 is 0. The number of hydrogen-bond acceptors (Lipinski definition) is 6. The number of likely N-dealkylation sites (tertiary alicyclic amines) is 1. The van der Waals surface area contributed by atoms with Gasteiger partial charge in [-0.1, -0.05) is 25.4 Å². The van der Waals surface area contributed by atoms with E-state index in [1.54, 1.807) is 18.4 Å². The van der Waals surface area contributed by atoms with Gasteiger partial charge in [0.2, 0.25) is 0 Å². The molecule has 0 radical (unpaired) electrons. The first-order valence-corrected chi connectivity index (χ1v) is 9.37. The van der Waals surface area contributed by atoms with Gasteiger partial charge in [-0.3, -0.25) is 4.79 Å². The molecule has 2 N–H and O–H groups in total. The lowest BCUT2D eigenvalue weighted by Crippen LogP contribution is -2.34. The molecule has 4 rings (SSSR count). The summed E-state index contributed by atoms with van der Waals surface area (Å²) in [4.78, 5) is 19.8. The minimum Gasteiger partial charge on any atom is -0.463 e. The van der Waals surface area contributed by atoms with Crippen molar-refractivity contribution in [3.8, 4) is 11.5 Å². The van der Waals surface area contributed by atoms with Crippen LogP contribution in [0.2, 0.25) is 0 Å². The Hall–Kier alpha value is -2.67. The summed E-state index contributed by atoms with van der Waals surface area (Å²) in [5, 5.41) is 4.87. The molecule has 0 saturated carbocycles. The molecule has 7 nitrogen and oxygen atoms in total. The first kappa shape index (κ1) is 17.7. The second-order valence-corrected chi connectivity index (χ2v) is 7.58. The molecule has 1 saturated heterocycles. The Morgan fingerprint density at radius 2 is 2.30 bits per heavy atom. The number of hydrogen-bond donors (Lipinski definition) is 1. The summed E-state index contributed by atoms with van der Waals surface area (Å²) in [7, 11) is 0. The van der Waals surface area contributed by atoms with Crippen molar-refractivity contribution in [2.24, 2.45) is 11.1 Å². The Morgan fingerprint density at radius 3 is 2.96 bits per heavy atom. The number of aryl methyl sites for hydroxylation is 1. The molecule has 4 heterocycles. The number of amides is 1. The van der Waals surface area contributed by atoms with Crippen LogP contribution in [0.5, 0.6) is 0 Å². The van der Waals surface area contributed by atoms with Crippen LogP contribution in [0.25, 0.3) is 22.6 Å². The minimum absolute atomic E-state index is 0.0343. The monoisotopic (exact) mass is 368 g/mol. The second-order valence-electron chi connectivity index (χ2n) is 7.58. The Labute approximate surface area is 157 Å². The molecule has 0 bridgehead atoms. The lowest BCUT2D eigenvalue weighted by Gasteiger charge is -2.22. The Bertz CT molecular complexity index is 963. The summed E-state index contributed by atoms with van der Waals surface area (Å²) in [5.74, 6) is 0.556.